The molecule has 0 spiro atoms. The average Bonchev–Trinajstić information content (AvgIpc) is 2.18. The number of hydrogen-bond donors (Lipinski definition) is 1. The summed E-state index contributed by atoms with van der Waals surface area (Å²) in [6, 6.07) is 0. The Kier molecular flexibility index (Phi) is 3.34. The van der Waals surface area contributed by atoms with E-state index in [0.29, 0.717) is 11.5 Å². The summed E-state index contributed by atoms with van der Waals surface area (Å²) in [7, 11) is 0. The van der Waals surface area contributed by atoms with Crippen LogP contribution < -0.4 is 5.73 Å². The van der Waals surface area contributed by atoms with E-state index >= 15 is 0 Å². The highest BCUT2D eigenvalue weighted by molar-refractivity contribution is 5.79. The van der Waals surface area contributed by atoms with E-state index < -0.39 is 12.0 Å². The number of hydrogen-bond acceptors (Lipinski definition) is 3. The molecular formula is C10H13NO3. The molecule has 4 nitrogen and oxygen atoms in total. The third kappa shape index (κ3) is 2.16. The summed E-state index contributed by atoms with van der Waals surface area (Å²) in [5, 5.41) is 0. The van der Waals surface area contributed by atoms with E-state index in [4.69, 9.17) is 15.2 Å². The zero-order valence-electron chi connectivity index (χ0n) is 8.03. The van der Waals surface area contributed by atoms with E-state index in [2.05, 4.69) is 6.58 Å². The number of primary amides is 1. The zero-order valence-corrected chi connectivity index (χ0v) is 8.03. The standard InChI is InChI=1S/C10H13NO3/c1-3-5-8-7(4-2)14-9(6-13-8)10(11)12/h3-5,9H,2,6H2,1H3,(H2,11,12)/b5-3-. The van der Waals surface area contributed by atoms with E-state index in [0.717, 1.165) is 0 Å². The first-order chi connectivity index (χ1) is 6.69. The minimum atomic E-state index is -0.725. The molecule has 0 aromatic carbocycles. The van der Waals surface area contributed by atoms with E-state index in [1.165, 1.54) is 6.08 Å². The molecule has 1 heterocycles. The van der Waals surface area contributed by atoms with Gasteiger partial charge < -0.3 is 15.2 Å². The fourth-order valence-corrected chi connectivity index (χ4v) is 1.05. The Morgan fingerprint density at radius 3 is 2.86 bits per heavy atom. The van der Waals surface area contributed by atoms with Gasteiger partial charge in [-0.05, 0) is 19.1 Å². The predicted molar refractivity (Wildman–Crippen MR) is 52.1 cm³/mol. The highest BCUT2D eigenvalue weighted by atomic mass is 16.6. The van der Waals surface area contributed by atoms with Crippen LogP contribution in [0.2, 0.25) is 0 Å². The molecule has 14 heavy (non-hydrogen) atoms. The molecule has 0 saturated heterocycles. The zero-order chi connectivity index (χ0) is 10.6. The van der Waals surface area contributed by atoms with E-state index in [1.807, 2.05) is 13.0 Å². The van der Waals surface area contributed by atoms with Crippen LogP contribution in [-0.4, -0.2) is 18.6 Å². The highest BCUT2D eigenvalue weighted by Crippen LogP contribution is 2.19. The fourth-order valence-electron chi connectivity index (χ4n) is 1.05. The van der Waals surface area contributed by atoms with Gasteiger partial charge in [0.25, 0.3) is 5.91 Å². The lowest BCUT2D eigenvalue weighted by atomic mass is 10.2. The van der Waals surface area contributed by atoms with Gasteiger partial charge in [0.1, 0.15) is 6.61 Å². The van der Waals surface area contributed by atoms with Crippen molar-refractivity contribution in [1.29, 1.82) is 0 Å². The van der Waals surface area contributed by atoms with Crippen LogP contribution in [0.3, 0.4) is 0 Å². The van der Waals surface area contributed by atoms with Gasteiger partial charge >= 0.3 is 0 Å². The molecule has 1 aliphatic rings. The van der Waals surface area contributed by atoms with Crippen molar-refractivity contribution in [3.05, 3.63) is 36.3 Å². The summed E-state index contributed by atoms with van der Waals surface area (Å²) in [6.45, 7) is 5.57. The molecular weight excluding hydrogens is 182 g/mol. The van der Waals surface area contributed by atoms with Crippen LogP contribution in [0.5, 0.6) is 0 Å². The molecule has 0 fully saturated rings. The first-order valence-corrected chi connectivity index (χ1v) is 4.27. The SMILES string of the molecule is C=CC1=C(/C=C\C)OCC(C(N)=O)O1. The van der Waals surface area contributed by atoms with Crippen LogP contribution in [-0.2, 0) is 14.3 Å². The fraction of sp³-hybridized carbons (Fsp3) is 0.300. The summed E-state index contributed by atoms with van der Waals surface area (Å²) in [5.41, 5.74) is 5.08. The van der Waals surface area contributed by atoms with Gasteiger partial charge in [-0.15, -0.1) is 0 Å². The van der Waals surface area contributed by atoms with Crippen LogP contribution in [0.25, 0.3) is 0 Å². The molecule has 2 N–H and O–H groups in total. The Hall–Kier alpha value is -1.71. The monoisotopic (exact) mass is 195 g/mol. The molecule has 1 rings (SSSR count). The highest BCUT2D eigenvalue weighted by Gasteiger charge is 2.24. The molecule has 1 unspecified atom stereocenters. The lowest BCUT2D eigenvalue weighted by Gasteiger charge is -2.24. The first-order valence-electron chi connectivity index (χ1n) is 4.27. The lowest BCUT2D eigenvalue weighted by Crippen LogP contribution is -2.37. The van der Waals surface area contributed by atoms with Crippen molar-refractivity contribution in [2.45, 2.75) is 13.0 Å². The van der Waals surface area contributed by atoms with Crippen LogP contribution >= 0.6 is 0 Å². The predicted octanol–water partition coefficient (Wildman–Crippen LogP) is 0.861. The second kappa shape index (κ2) is 4.50. The van der Waals surface area contributed by atoms with Gasteiger partial charge in [0.05, 0.1) is 0 Å². The Morgan fingerprint density at radius 2 is 2.36 bits per heavy atom. The van der Waals surface area contributed by atoms with Crippen LogP contribution in [0.15, 0.2) is 36.3 Å². The molecule has 1 amide bonds. The average molecular weight is 195 g/mol. The number of nitrogens with two attached hydrogens (primary N) is 1. The van der Waals surface area contributed by atoms with Gasteiger partial charge in [-0.25, -0.2) is 0 Å². The van der Waals surface area contributed by atoms with Crippen molar-refractivity contribution < 1.29 is 14.3 Å². The van der Waals surface area contributed by atoms with Crippen LogP contribution in [0.1, 0.15) is 6.92 Å². The molecule has 0 radical (unpaired) electrons. The lowest BCUT2D eigenvalue weighted by molar-refractivity contribution is -0.131. The van der Waals surface area contributed by atoms with Gasteiger partial charge in [-0.2, -0.15) is 0 Å². The minimum Gasteiger partial charge on any atom is -0.485 e. The number of allylic oxidation sites excluding steroid dienone is 3. The van der Waals surface area contributed by atoms with Gasteiger partial charge in [0.2, 0.25) is 6.10 Å². The number of ether oxygens (including phenoxy) is 2. The van der Waals surface area contributed by atoms with Crippen LogP contribution in [0, 0.1) is 0 Å². The minimum absolute atomic E-state index is 0.145. The number of carbonyl (C=O) groups excluding carboxylic acids is 1. The smallest absolute Gasteiger partial charge is 0.262 e. The Bertz CT molecular complexity index is 304. The maximum Gasteiger partial charge on any atom is 0.262 e. The number of rotatable bonds is 3. The molecule has 0 aromatic heterocycles. The molecule has 0 aromatic rings. The van der Waals surface area contributed by atoms with Crippen LogP contribution in [0.4, 0.5) is 0 Å². The molecule has 0 bridgehead atoms. The summed E-state index contributed by atoms with van der Waals surface area (Å²) in [4.78, 5) is 10.8. The van der Waals surface area contributed by atoms with Gasteiger partial charge in [0, 0.05) is 0 Å². The van der Waals surface area contributed by atoms with Crippen molar-refractivity contribution in [2.24, 2.45) is 5.73 Å². The van der Waals surface area contributed by atoms with Crippen molar-refractivity contribution >= 4 is 5.91 Å². The Morgan fingerprint density at radius 1 is 1.64 bits per heavy atom. The molecule has 4 heteroatoms. The second-order valence-corrected chi connectivity index (χ2v) is 2.75. The quantitative estimate of drug-likeness (QED) is 0.726. The van der Waals surface area contributed by atoms with E-state index in [-0.39, 0.29) is 6.61 Å². The molecule has 0 saturated carbocycles. The van der Waals surface area contributed by atoms with E-state index in [9.17, 15) is 4.79 Å². The largest absolute Gasteiger partial charge is 0.485 e. The Balaban J connectivity index is 2.85. The van der Waals surface area contributed by atoms with Gasteiger partial charge in [-0.3, -0.25) is 4.79 Å². The number of amides is 1. The number of carbonyl (C=O) groups is 1. The first kappa shape index (κ1) is 10.4. The second-order valence-electron chi connectivity index (χ2n) is 2.75. The summed E-state index contributed by atoms with van der Waals surface area (Å²) >= 11 is 0. The molecule has 1 atom stereocenters. The molecule has 0 aliphatic carbocycles. The normalized spacial score (nSPS) is 21.6. The maximum absolute atomic E-state index is 10.8. The van der Waals surface area contributed by atoms with Gasteiger partial charge in [-0.1, -0.05) is 12.7 Å². The van der Waals surface area contributed by atoms with Gasteiger partial charge in [0.15, 0.2) is 11.5 Å². The molecule has 76 valence electrons. The summed E-state index contributed by atoms with van der Waals surface area (Å²) < 4.78 is 10.6. The topological polar surface area (TPSA) is 61.5 Å². The maximum atomic E-state index is 10.8. The third-order valence-electron chi connectivity index (χ3n) is 1.72. The summed E-state index contributed by atoms with van der Waals surface area (Å²) in [6.07, 6.45) is 4.32. The van der Waals surface area contributed by atoms with Crippen molar-refractivity contribution in [2.75, 3.05) is 6.61 Å². The van der Waals surface area contributed by atoms with Crippen molar-refractivity contribution in [1.82, 2.24) is 0 Å². The van der Waals surface area contributed by atoms with Crippen molar-refractivity contribution in [3.63, 3.8) is 0 Å². The molecule has 1 aliphatic heterocycles. The van der Waals surface area contributed by atoms with Crippen molar-refractivity contribution in [3.8, 4) is 0 Å². The Labute approximate surface area is 82.7 Å². The van der Waals surface area contributed by atoms with E-state index in [1.54, 1.807) is 6.08 Å². The third-order valence-corrected chi connectivity index (χ3v) is 1.72. The summed E-state index contributed by atoms with van der Waals surface area (Å²) in [5.74, 6) is 0.474.